The van der Waals surface area contributed by atoms with Crippen LogP contribution in [0.2, 0.25) is 0 Å². The van der Waals surface area contributed by atoms with Crippen molar-refractivity contribution < 1.29 is 4.79 Å². The summed E-state index contributed by atoms with van der Waals surface area (Å²) in [6.07, 6.45) is 2.74. The van der Waals surface area contributed by atoms with Gasteiger partial charge < -0.3 is 4.90 Å². The van der Waals surface area contributed by atoms with E-state index in [1.165, 1.54) is 21.6 Å². The van der Waals surface area contributed by atoms with E-state index in [4.69, 9.17) is 0 Å². The van der Waals surface area contributed by atoms with Gasteiger partial charge in [0.15, 0.2) is 5.78 Å². The molecule has 0 bridgehead atoms. The zero-order valence-electron chi connectivity index (χ0n) is 12.8. The molecule has 1 saturated heterocycles. The summed E-state index contributed by atoms with van der Waals surface area (Å²) in [5.41, 5.74) is 6.19. The van der Waals surface area contributed by atoms with Crippen LogP contribution in [-0.2, 0) is 6.42 Å². The second kappa shape index (κ2) is 5.49. The lowest BCUT2D eigenvalue weighted by molar-refractivity contribution is 0.0994. The van der Waals surface area contributed by atoms with E-state index in [9.17, 15) is 4.79 Å². The minimum Gasteiger partial charge on any atom is -0.306 e. The molecular weight excluding hydrogens is 290 g/mol. The molecule has 2 heterocycles. The number of benzene rings is 1. The third-order valence-corrected chi connectivity index (χ3v) is 5.70. The molecule has 1 aromatic carbocycles. The Morgan fingerprint density at radius 1 is 1.00 bits per heavy atom. The number of likely N-dealkylation sites (tertiary alicyclic amines) is 1. The highest BCUT2D eigenvalue weighted by Crippen LogP contribution is 2.40. The molecule has 2 aromatic rings. The monoisotopic (exact) mass is 309 g/mol. The number of nitrogens with zero attached hydrogens (tertiary/aromatic N) is 1. The minimum atomic E-state index is 0.253. The first-order chi connectivity index (χ1) is 10.7. The SMILES string of the molecule is CN1CCC(=C2c3ccccc3C(=O)Cc3sccc32)CC1. The van der Waals surface area contributed by atoms with Gasteiger partial charge in [-0.15, -0.1) is 11.3 Å². The topological polar surface area (TPSA) is 20.3 Å². The molecule has 0 amide bonds. The van der Waals surface area contributed by atoms with Gasteiger partial charge in [-0.1, -0.05) is 29.8 Å². The van der Waals surface area contributed by atoms with Crippen molar-refractivity contribution in [3.63, 3.8) is 0 Å². The van der Waals surface area contributed by atoms with E-state index < -0.39 is 0 Å². The molecular formula is C19H19NOS. The molecule has 2 aliphatic rings. The van der Waals surface area contributed by atoms with Crippen molar-refractivity contribution in [2.24, 2.45) is 0 Å². The molecule has 0 N–H and O–H groups in total. The molecule has 0 saturated carbocycles. The first-order valence-corrected chi connectivity index (χ1v) is 8.72. The molecule has 1 aliphatic carbocycles. The van der Waals surface area contributed by atoms with Gasteiger partial charge in [-0.05, 0) is 48.0 Å². The predicted octanol–water partition coefficient (Wildman–Crippen LogP) is 4.01. The van der Waals surface area contributed by atoms with Crippen molar-refractivity contribution >= 4 is 22.7 Å². The summed E-state index contributed by atoms with van der Waals surface area (Å²) in [6, 6.07) is 10.4. The number of piperidine rings is 1. The first-order valence-electron chi connectivity index (χ1n) is 7.84. The summed E-state index contributed by atoms with van der Waals surface area (Å²) in [6.45, 7) is 2.21. The van der Waals surface area contributed by atoms with Crippen LogP contribution in [0.1, 0.15) is 39.2 Å². The van der Waals surface area contributed by atoms with Crippen LogP contribution in [0.3, 0.4) is 0 Å². The Labute approximate surface area is 135 Å². The number of ketones is 1. The largest absolute Gasteiger partial charge is 0.306 e. The van der Waals surface area contributed by atoms with Gasteiger partial charge in [-0.2, -0.15) is 0 Å². The third-order valence-electron chi connectivity index (χ3n) is 4.78. The molecule has 1 aliphatic heterocycles. The average Bonchev–Trinajstić information content (AvgIpc) is 2.93. The molecule has 1 fully saturated rings. The fraction of sp³-hybridized carbons (Fsp3) is 0.316. The highest BCUT2D eigenvalue weighted by Gasteiger charge is 2.27. The zero-order valence-corrected chi connectivity index (χ0v) is 13.6. The van der Waals surface area contributed by atoms with Crippen LogP contribution < -0.4 is 0 Å². The molecule has 0 unspecified atom stereocenters. The maximum Gasteiger partial charge on any atom is 0.168 e. The molecule has 1 aromatic heterocycles. The first kappa shape index (κ1) is 13.9. The molecule has 4 rings (SSSR count). The van der Waals surface area contributed by atoms with E-state index in [-0.39, 0.29) is 5.78 Å². The van der Waals surface area contributed by atoms with E-state index in [0.29, 0.717) is 6.42 Å². The minimum absolute atomic E-state index is 0.253. The Hall–Kier alpha value is -1.71. The van der Waals surface area contributed by atoms with Crippen molar-refractivity contribution in [2.45, 2.75) is 19.3 Å². The normalized spacial score (nSPS) is 18.9. The predicted molar refractivity (Wildman–Crippen MR) is 91.5 cm³/mol. The number of thiophene rings is 1. The Morgan fingerprint density at radius 3 is 2.50 bits per heavy atom. The van der Waals surface area contributed by atoms with Gasteiger partial charge >= 0.3 is 0 Å². The molecule has 0 radical (unpaired) electrons. The quantitative estimate of drug-likeness (QED) is 0.733. The summed E-state index contributed by atoms with van der Waals surface area (Å²) in [4.78, 5) is 16.2. The van der Waals surface area contributed by atoms with Gasteiger partial charge in [0.2, 0.25) is 0 Å². The van der Waals surface area contributed by atoms with Gasteiger partial charge in [-0.25, -0.2) is 0 Å². The van der Waals surface area contributed by atoms with E-state index in [1.54, 1.807) is 11.3 Å². The van der Waals surface area contributed by atoms with Crippen LogP contribution in [0.4, 0.5) is 0 Å². The van der Waals surface area contributed by atoms with Gasteiger partial charge in [0.1, 0.15) is 0 Å². The second-order valence-corrected chi connectivity index (χ2v) is 7.19. The Balaban J connectivity index is 1.96. The molecule has 0 atom stereocenters. The summed E-state index contributed by atoms with van der Waals surface area (Å²) >= 11 is 1.72. The van der Waals surface area contributed by atoms with Gasteiger partial charge in [0.05, 0.1) is 0 Å². The summed E-state index contributed by atoms with van der Waals surface area (Å²) < 4.78 is 0. The Morgan fingerprint density at radius 2 is 1.73 bits per heavy atom. The molecule has 3 heteroatoms. The highest BCUT2D eigenvalue weighted by molar-refractivity contribution is 7.10. The van der Waals surface area contributed by atoms with Crippen LogP contribution in [0.25, 0.3) is 5.57 Å². The summed E-state index contributed by atoms with van der Waals surface area (Å²) in [5, 5.41) is 2.13. The van der Waals surface area contributed by atoms with Crippen molar-refractivity contribution in [1.29, 1.82) is 0 Å². The molecule has 22 heavy (non-hydrogen) atoms. The van der Waals surface area contributed by atoms with Crippen LogP contribution in [0.15, 0.2) is 41.3 Å². The standard InChI is InChI=1S/C19H19NOS/c1-20-9-6-13(7-10-20)19-15-5-3-2-4-14(15)17(21)12-18-16(19)8-11-22-18/h2-5,8,11H,6-7,9-10,12H2,1H3. The van der Waals surface area contributed by atoms with E-state index in [0.717, 1.165) is 37.1 Å². The van der Waals surface area contributed by atoms with Crippen LogP contribution in [-0.4, -0.2) is 30.8 Å². The summed E-state index contributed by atoms with van der Waals surface area (Å²) in [7, 11) is 2.18. The average molecular weight is 309 g/mol. The van der Waals surface area contributed by atoms with Gasteiger partial charge in [-0.3, -0.25) is 4.79 Å². The maximum atomic E-state index is 12.6. The Bertz CT molecular complexity index is 761. The third kappa shape index (κ3) is 2.25. The van der Waals surface area contributed by atoms with Crippen molar-refractivity contribution in [3.05, 3.63) is 62.9 Å². The lowest BCUT2D eigenvalue weighted by Crippen LogP contribution is -2.27. The number of hydrogen-bond acceptors (Lipinski definition) is 3. The van der Waals surface area contributed by atoms with Gasteiger partial charge in [0, 0.05) is 30.0 Å². The van der Waals surface area contributed by atoms with Crippen LogP contribution >= 0.6 is 11.3 Å². The smallest absolute Gasteiger partial charge is 0.168 e. The Kier molecular flexibility index (Phi) is 3.47. The van der Waals surface area contributed by atoms with Crippen molar-refractivity contribution in [1.82, 2.24) is 4.90 Å². The maximum absolute atomic E-state index is 12.6. The number of rotatable bonds is 0. The number of hydrogen-bond donors (Lipinski definition) is 0. The van der Waals surface area contributed by atoms with E-state index in [2.05, 4.69) is 35.5 Å². The number of fused-ring (bicyclic) bond motifs is 2. The molecule has 0 spiro atoms. The van der Waals surface area contributed by atoms with Gasteiger partial charge in [0.25, 0.3) is 0 Å². The van der Waals surface area contributed by atoms with Crippen LogP contribution in [0, 0.1) is 0 Å². The second-order valence-electron chi connectivity index (χ2n) is 6.18. The van der Waals surface area contributed by atoms with Crippen LogP contribution in [0.5, 0.6) is 0 Å². The lowest BCUT2D eigenvalue weighted by atomic mass is 9.88. The number of carbonyl (C=O) groups excluding carboxylic acids is 1. The van der Waals surface area contributed by atoms with Crippen molar-refractivity contribution in [3.8, 4) is 0 Å². The summed E-state index contributed by atoms with van der Waals surface area (Å²) in [5.74, 6) is 0.253. The fourth-order valence-corrected chi connectivity index (χ4v) is 4.43. The number of Topliss-reactive ketones (excluding diaryl/α,β-unsaturated/α-hetero) is 1. The fourth-order valence-electron chi connectivity index (χ4n) is 3.55. The number of carbonyl (C=O) groups is 1. The lowest BCUT2D eigenvalue weighted by Gasteiger charge is -2.27. The zero-order chi connectivity index (χ0) is 15.1. The van der Waals surface area contributed by atoms with E-state index >= 15 is 0 Å². The molecule has 112 valence electrons. The highest BCUT2D eigenvalue weighted by atomic mass is 32.1. The van der Waals surface area contributed by atoms with Crippen molar-refractivity contribution in [2.75, 3.05) is 20.1 Å². The van der Waals surface area contributed by atoms with E-state index in [1.807, 2.05) is 12.1 Å². The molecule has 2 nitrogen and oxygen atoms in total.